The first kappa shape index (κ1) is 55.3. The van der Waals surface area contributed by atoms with E-state index >= 15 is 0 Å². The van der Waals surface area contributed by atoms with Crippen LogP contribution in [0.2, 0.25) is 0 Å². The summed E-state index contributed by atoms with van der Waals surface area (Å²) in [5, 5.41) is 18.1. The summed E-state index contributed by atoms with van der Waals surface area (Å²) < 4.78 is 0. The third-order valence-electron chi connectivity index (χ3n) is 19.0. The van der Waals surface area contributed by atoms with Crippen molar-refractivity contribution in [3.63, 3.8) is 0 Å². The van der Waals surface area contributed by atoms with E-state index in [1.54, 1.807) is 12.4 Å². The Morgan fingerprint density at radius 3 is 1.03 bits per heavy atom. The van der Waals surface area contributed by atoms with Gasteiger partial charge in [0.2, 0.25) is 0 Å². The number of hydrogen-bond acceptors (Lipinski definition) is 6. The second-order valence-electron chi connectivity index (χ2n) is 23.1. The molecule has 6 aliphatic rings. The van der Waals surface area contributed by atoms with Gasteiger partial charge in [-0.25, -0.2) is 0 Å². The molecule has 0 saturated heterocycles. The predicted octanol–water partition coefficient (Wildman–Crippen LogP) is 14.6. The van der Waals surface area contributed by atoms with Gasteiger partial charge in [-0.3, -0.25) is 0 Å². The Morgan fingerprint density at radius 2 is 0.682 bits per heavy atom. The van der Waals surface area contributed by atoms with Crippen LogP contribution in [-0.2, 0) is 64.0 Å². The topological polar surface area (TPSA) is 66.9 Å². The fraction of sp³-hybridized carbons (Fsp3) is 0.0769. The largest absolute Gasteiger partial charge is 0.581 e. The second-order valence-corrected chi connectivity index (χ2v) is 23.1. The molecule has 4 heterocycles. The van der Waals surface area contributed by atoms with Crippen molar-refractivity contribution in [1.29, 1.82) is 0 Å². The summed E-state index contributed by atoms with van der Waals surface area (Å²) in [6.07, 6.45) is 12.2. The summed E-state index contributed by atoms with van der Waals surface area (Å²) in [6.45, 7) is 4.36. The van der Waals surface area contributed by atoms with E-state index < -0.39 is 21.9 Å². The summed E-state index contributed by atoms with van der Waals surface area (Å²) in [7, 11) is 4.15. The van der Waals surface area contributed by atoms with Crippen molar-refractivity contribution in [2.24, 2.45) is 0 Å². The molecule has 0 N–H and O–H groups in total. The molecule has 0 spiro atoms. The molecule has 2 aliphatic heterocycles. The molecule has 0 saturated carbocycles. The van der Waals surface area contributed by atoms with Crippen molar-refractivity contribution in [2.45, 2.75) is 21.9 Å². The van der Waals surface area contributed by atoms with Crippen LogP contribution in [0.5, 0.6) is 0 Å². The van der Waals surface area contributed by atoms with Gasteiger partial charge in [-0.15, -0.1) is 22.3 Å². The molecule has 0 atom stereocenters. The van der Waals surface area contributed by atoms with Crippen LogP contribution in [0, 0.1) is 25.5 Å². The van der Waals surface area contributed by atoms with Gasteiger partial charge in [-0.05, 0) is 128 Å². The van der Waals surface area contributed by atoms with Crippen molar-refractivity contribution in [3.8, 4) is 44.5 Å². The first-order valence-corrected chi connectivity index (χ1v) is 29.3. The van der Waals surface area contributed by atoms with Gasteiger partial charge in [0.1, 0.15) is 0 Å². The molecule has 12 aromatic rings. The summed E-state index contributed by atoms with van der Waals surface area (Å²) in [5.41, 5.74) is 23.6. The minimum atomic E-state index is -0.653. The zero-order valence-electron chi connectivity index (χ0n) is 47.9. The van der Waals surface area contributed by atoms with Gasteiger partial charge in [-0.2, -0.15) is 74.3 Å². The number of benzene rings is 10. The van der Waals surface area contributed by atoms with Crippen LogP contribution >= 0.6 is 0 Å². The van der Waals surface area contributed by atoms with Crippen LogP contribution in [0.4, 0.5) is 0 Å². The second kappa shape index (κ2) is 21.2. The minimum absolute atomic E-state index is 0. The molecule has 0 radical (unpaired) electrons. The monoisotopic (exact) mass is 1490 g/mol. The maximum atomic E-state index is 4.74. The van der Waals surface area contributed by atoms with Crippen molar-refractivity contribution in [2.75, 3.05) is 14.1 Å². The van der Waals surface area contributed by atoms with Crippen LogP contribution in [-0.4, -0.2) is 43.9 Å². The fourth-order valence-electron chi connectivity index (χ4n) is 15.7. The van der Waals surface area contributed by atoms with Gasteiger partial charge < -0.3 is 40.0 Å². The van der Waals surface area contributed by atoms with Gasteiger partial charge in [0.15, 0.2) is 0 Å². The Hall–Kier alpha value is -9.32. The van der Waals surface area contributed by atoms with E-state index in [-0.39, 0.29) is 42.1 Å². The van der Waals surface area contributed by atoms with Crippen molar-refractivity contribution >= 4 is 0 Å². The average molecular weight is 1490 g/mol. The van der Waals surface area contributed by atoms with E-state index in [0.29, 0.717) is 0 Å². The normalized spacial score (nSPS) is 16.2. The van der Waals surface area contributed by atoms with Crippen LogP contribution in [0.15, 0.2) is 280 Å². The molecule has 88 heavy (non-hydrogen) atoms. The average Bonchev–Trinajstić information content (AvgIpc) is 1.68. The Kier molecular flexibility index (Phi) is 13.3. The molecule has 432 valence electrons. The zero-order chi connectivity index (χ0) is 57.2. The third kappa shape index (κ3) is 7.46. The van der Waals surface area contributed by atoms with Crippen LogP contribution in [0.3, 0.4) is 0 Å². The Morgan fingerprint density at radius 1 is 0.341 bits per heavy atom. The first-order chi connectivity index (χ1) is 42.5. The molecule has 18 rings (SSSR count). The Balaban J connectivity index is 0.000000144. The van der Waals surface area contributed by atoms with E-state index in [1.165, 1.54) is 89.0 Å². The van der Waals surface area contributed by atoms with Crippen molar-refractivity contribution in [1.82, 2.24) is 40.0 Å². The third-order valence-corrected chi connectivity index (χ3v) is 19.0. The quantitative estimate of drug-likeness (QED) is 0.139. The molecule has 0 fully saturated rings. The Bertz CT molecular complexity index is 4520. The van der Waals surface area contributed by atoms with Crippen LogP contribution in [0.25, 0.3) is 44.5 Å². The summed E-state index contributed by atoms with van der Waals surface area (Å²) in [4.78, 5) is 8.91. The number of nitrogens with zero attached hydrogens (tertiary/aromatic N) is 8. The number of rotatable bonds is 8. The number of aromatic nitrogens is 4. The Labute approximate surface area is 542 Å². The minimum Gasteiger partial charge on any atom is -0.581 e. The molecule has 0 bridgehead atoms. The van der Waals surface area contributed by atoms with E-state index in [9.17, 15) is 0 Å². The summed E-state index contributed by atoms with van der Waals surface area (Å²) >= 11 is 0. The first-order valence-electron chi connectivity index (χ1n) is 29.3. The van der Waals surface area contributed by atoms with Crippen molar-refractivity contribution in [3.05, 3.63) is 383 Å². The number of hydrogen-bond donors (Lipinski definition) is 0. The van der Waals surface area contributed by atoms with E-state index in [2.05, 4.69) is 331 Å². The zero-order valence-corrected chi connectivity index (χ0v) is 52.5. The summed E-state index contributed by atoms with van der Waals surface area (Å²) in [6, 6.07) is 95.4. The molecular formula is C78H54N8Pt2-6. The van der Waals surface area contributed by atoms with E-state index in [4.69, 9.17) is 10.2 Å². The molecule has 10 heteroatoms. The maximum absolute atomic E-state index is 4.74. The maximum Gasteiger partial charge on any atom is 0.0686 e. The van der Waals surface area contributed by atoms with Crippen molar-refractivity contribution < 1.29 is 42.1 Å². The molecule has 0 amide bonds. The van der Waals surface area contributed by atoms with E-state index in [0.717, 1.165) is 33.6 Å². The van der Waals surface area contributed by atoms with Gasteiger partial charge >= 0.3 is 0 Å². The standard InChI is InChI=1S/2C39H27N4.2Pt/c1-42-23-24-43(26-42)39(35-19-8-4-15-31(35)32-16-5-9-20-36(32)39)28-12-10-11-27(25-28)38(37-21-22-40-41-37)33-17-6-2-13-29(33)30-14-3-7-18-34(30)38;1-42-24-25-43(26-42)39(35-16-8-4-12-31(35)32-13-5-9-17-36(32)39)28-20-18-27(19-21-28)38(37-22-23-40-41-37)33-14-6-2-10-29(33)30-11-3-7-15-34(30)38;;/h2-24,26H,1H3;2-18,20-26H,1H3;;/q2*-3;;. The smallest absolute Gasteiger partial charge is 0.0686 e. The molecule has 2 aromatic heterocycles. The van der Waals surface area contributed by atoms with Gasteiger partial charge in [0.25, 0.3) is 0 Å². The predicted molar refractivity (Wildman–Crippen MR) is 337 cm³/mol. The van der Waals surface area contributed by atoms with Gasteiger partial charge in [-0.1, -0.05) is 206 Å². The number of fused-ring (bicyclic) bond motifs is 12. The SMILES string of the molecule is CN1C=CN(C2(c3[c-]c(C4(c5cc[n-]n5)c5ccccc5-c5ccccc54)ccc3)c3ccccc3-c3ccccc32)[CH-]1.CN1C=CN(C2(c3c[c-]c(C4(c5cc[n-]n5)c5ccccc5-c5ccccc54)cc3)c3ccccc3-c3ccccc32)[CH-]1.[Pt].[Pt]. The summed E-state index contributed by atoms with van der Waals surface area (Å²) in [5.74, 6) is 0. The molecule has 4 aliphatic carbocycles. The molecule has 10 aromatic carbocycles. The van der Waals surface area contributed by atoms with Crippen LogP contribution in [0.1, 0.15) is 78.1 Å². The van der Waals surface area contributed by atoms with E-state index in [1.807, 2.05) is 6.07 Å². The van der Waals surface area contributed by atoms with Gasteiger partial charge in [0.05, 0.1) is 16.4 Å². The molecule has 8 nitrogen and oxygen atoms in total. The molecule has 0 unspecified atom stereocenters. The van der Waals surface area contributed by atoms with Crippen LogP contribution < -0.4 is 10.2 Å². The molecular weight excluding hydrogens is 1440 g/mol. The van der Waals surface area contributed by atoms with Gasteiger partial charge in [0, 0.05) is 59.1 Å². The fourth-order valence-corrected chi connectivity index (χ4v) is 15.7.